The number of nitriles is 1. The third kappa shape index (κ3) is 2.30. The first-order chi connectivity index (χ1) is 7.69. The van der Waals surface area contributed by atoms with Crippen molar-refractivity contribution in [2.75, 3.05) is 0 Å². The molecule has 0 aliphatic carbocycles. The van der Waals surface area contributed by atoms with E-state index in [9.17, 15) is 0 Å². The predicted molar refractivity (Wildman–Crippen MR) is 62.2 cm³/mol. The molecule has 0 radical (unpaired) electrons. The van der Waals surface area contributed by atoms with Crippen molar-refractivity contribution in [1.82, 2.24) is 9.97 Å². The van der Waals surface area contributed by atoms with Gasteiger partial charge in [-0.2, -0.15) is 5.26 Å². The van der Waals surface area contributed by atoms with E-state index in [0.717, 1.165) is 0 Å². The molecule has 0 bridgehead atoms. The molecule has 1 heterocycles. The Morgan fingerprint density at radius 2 is 1.81 bits per heavy atom. The Morgan fingerprint density at radius 1 is 1.12 bits per heavy atom. The lowest BCUT2D eigenvalue weighted by Gasteiger charge is -2.01. The van der Waals surface area contributed by atoms with Crippen LogP contribution in [0, 0.1) is 11.3 Å². The molecule has 0 amide bonds. The minimum absolute atomic E-state index is 0.307. The molecule has 78 valence electrons. The molecule has 0 saturated carbocycles. The summed E-state index contributed by atoms with van der Waals surface area (Å²) in [7, 11) is 0. The van der Waals surface area contributed by atoms with Crippen LogP contribution in [0.25, 0.3) is 11.4 Å². The molecular formula is C11H5Cl2N3. The molecule has 16 heavy (non-hydrogen) atoms. The highest BCUT2D eigenvalue weighted by molar-refractivity contribution is 6.35. The SMILES string of the molecule is N#Cc1ccnc(-c2cc(Cl)cc(Cl)c2)n1. The van der Waals surface area contributed by atoms with Crippen LogP contribution in [0.15, 0.2) is 30.5 Å². The summed E-state index contributed by atoms with van der Waals surface area (Å²) in [4.78, 5) is 8.11. The number of aromatic nitrogens is 2. The quantitative estimate of drug-likeness (QED) is 0.779. The number of hydrogen-bond acceptors (Lipinski definition) is 3. The zero-order valence-electron chi connectivity index (χ0n) is 7.98. The van der Waals surface area contributed by atoms with Crippen LogP contribution in [0.3, 0.4) is 0 Å². The molecule has 3 nitrogen and oxygen atoms in total. The van der Waals surface area contributed by atoms with Gasteiger partial charge in [0, 0.05) is 21.8 Å². The van der Waals surface area contributed by atoms with E-state index in [1.807, 2.05) is 6.07 Å². The third-order valence-electron chi connectivity index (χ3n) is 1.89. The minimum Gasteiger partial charge on any atom is -0.236 e. The molecule has 0 unspecified atom stereocenters. The summed E-state index contributed by atoms with van der Waals surface area (Å²) in [6, 6.07) is 8.51. The maximum Gasteiger partial charge on any atom is 0.160 e. The summed E-state index contributed by atoms with van der Waals surface area (Å²) in [5.74, 6) is 0.434. The summed E-state index contributed by atoms with van der Waals surface area (Å²) in [5.41, 5.74) is 0.996. The Kier molecular flexibility index (Phi) is 3.04. The monoisotopic (exact) mass is 249 g/mol. The second-order valence-electron chi connectivity index (χ2n) is 3.04. The van der Waals surface area contributed by atoms with Crippen LogP contribution in [-0.2, 0) is 0 Å². The van der Waals surface area contributed by atoms with Gasteiger partial charge in [0.1, 0.15) is 11.8 Å². The van der Waals surface area contributed by atoms with Gasteiger partial charge in [0.15, 0.2) is 5.82 Å². The summed E-state index contributed by atoms with van der Waals surface area (Å²) < 4.78 is 0. The van der Waals surface area contributed by atoms with Crippen molar-refractivity contribution >= 4 is 23.2 Å². The van der Waals surface area contributed by atoms with E-state index < -0.39 is 0 Å². The topological polar surface area (TPSA) is 49.6 Å². The summed E-state index contributed by atoms with van der Waals surface area (Å²) in [6.07, 6.45) is 1.52. The second-order valence-corrected chi connectivity index (χ2v) is 3.91. The van der Waals surface area contributed by atoms with Gasteiger partial charge in [0.25, 0.3) is 0 Å². The first-order valence-electron chi connectivity index (χ1n) is 4.38. The Labute approximate surface area is 102 Å². The number of benzene rings is 1. The first-order valence-corrected chi connectivity index (χ1v) is 5.14. The standard InChI is InChI=1S/C11H5Cl2N3/c12-8-3-7(4-9(13)5-8)11-15-2-1-10(6-14)16-11/h1-5H. The average Bonchev–Trinajstić information content (AvgIpc) is 2.28. The molecule has 0 fully saturated rings. The van der Waals surface area contributed by atoms with Crippen LogP contribution in [0.5, 0.6) is 0 Å². The van der Waals surface area contributed by atoms with Crippen molar-refractivity contribution in [3.8, 4) is 17.5 Å². The van der Waals surface area contributed by atoms with E-state index in [1.165, 1.54) is 12.3 Å². The lowest BCUT2D eigenvalue weighted by atomic mass is 10.2. The summed E-state index contributed by atoms with van der Waals surface area (Å²) in [5, 5.41) is 9.74. The number of rotatable bonds is 1. The number of hydrogen-bond donors (Lipinski definition) is 0. The van der Waals surface area contributed by atoms with Gasteiger partial charge in [0.05, 0.1) is 0 Å². The van der Waals surface area contributed by atoms with Gasteiger partial charge < -0.3 is 0 Å². The largest absolute Gasteiger partial charge is 0.236 e. The minimum atomic E-state index is 0.307. The number of nitrogens with zero attached hydrogens (tertiary/aromatic N) is 3. The molecular weight excluding hydrogens is 245 g/mol. The van der Waals surface area contributed by atoms with Gasteiger partial charge in [-0.05, 0) is 24.3 Å². The van der Waals surface area contributed by atoms with E-state index in [1.54, 1.807) is 18.2 Å². The fourth-order valence-corrected chi connectivity index (χ4v) is 1.77. The third-order valence-corrected chi connectivity index (χ3v) is 2.33. The average molecular weight is 250 g/mol. The molecule has 0 saturated heterocycles. The highest BCUT2D eigenvalue weighted by Gasteiger charge is 2.04. The van der Waals surface area contributed by atoms with Gasteiger partial charge in [0.2, 0.25) is 0 Å². The molecule has 2 rings (SSSR count). The van der Waals surface area contributed by atoms with E-state index in [0.29, 0.717) is 27.1 Å². The van der Waals surface area contributed by atoms with E-state index >= 15 is 0 Å². The van der Waals surface area contributed by atoms with Gasteiger partial charge in [-0.25, -0.2) is 9.97 Å². The molecule has 5 heteroatoms. The van der Waals surface area contributed by atoms with E-state index in [4.69, 9.17) is 28.5 Å². The lowest BCUT2D eigenvalue weighted by Crippen LogP contribution is -1.91. The maximum atomic E-state index is 8.73. The highest BCUT2D eigenvalue weighted by Crippen LogP contribution is 2.24. The molecule has 0 N–H and O–H groups in total. The van der Waals surface area contributed by atoms with Crippen molar-refractivity contribution in [2.45, 2.75) is 0 Å². The van der Waals surface area contributed by atoms with Crippen molar-refractivity contribution in [2.24, 2.45) is 0 Å². The first kappa shape index (κ1) is 10.9. The van der Waals surface area contributed by atoms with Crippen molar-refractivity contribution in [3.05, 3.63) is 46.2 Å². The van der Waals surface area contributed by atoms with Gasteiger partial charge >= 0.3 is 0 Å². The van der Waals surface area contributed by atoms with Crippen molar-refractivity contribution in [3.63, 3.8) is 0 Å². The summed E-state index contributed by atoms with van der Waals surface area (Å²) in [6.45, 7) is 0. The Morgan fingerprint density at radius 3 is 2.44 bits per heavy atom. The molecule has 0 atom stereocenters. The molecule has 0 aliphatic heterocycles. The van der Waals surface area contributed by atoms with Crippen LogP contribution in [0.2, 0.25) is 10.0 Å². The highest BCUT2D eigenvalue weighted by atomic mass is 35.5. The van der Waals surface area contributed by atoms with Crippen LogP contribution in [0.1, 0.15) is 5.69 Å². The fraction of sp³-hybridized carbons (Fsp3) is 0. The van der Waals surface area contributed by atoms with Crippen molar-refractivity contribution in [1.29, 1.82) is 5.26 Å². The fourth-order valence-electron chi connectivity index (χ4n) is 1.24. The molecule has 0 spiro atoms. The normalized spacial score (nSPS) is 9.81. The van der Waals surface area contributed by atoms with Gasteiger partial charge in [-0.1, -0.05) is 23.2 Å². The van der Waals surface area contributed by atoms with Crippen molar-refractivity contribution < 1.29 is 0 Å². The van der Waals surface area contributed by atoms with E-state index in [2.05, 4.69) is 9.97 Å². The summed E-state index contributed by atoms with van der Waals surface area (Å²) >= 11 is 11.7. The zero-order chi connectivity index (χ0) is 11.5. The Balaban J connectivity index is 2.54. The van der Waals surface area contributed by atoms with Crippen LogP contribution in [0.4, 0.5) is 0 Å². The molecule has 1 aromatic heterocycles. The van der Waals surface area contributed by atoms with Crippen LogP contribution < -0.4 is 0 Å². The van der Waals surface area contributed by atoms with Gasteiger partial charge in [-0.15, -0.1) is 0 Å². The van der Waals surface area contributed by atoms with Crippen LogP contribution in [-0.4, -0.2) is 9.97 Å². The van der Waals surface area contributed by atoms with Gasteiger partial charge in [-0.3, -0.25) is 0 Å². The molecule has 2 aromatic rings. The van der Waals surface area contributed by atoms with E-state index in [-0.39, 0.29) is 0 Å². The second kappa shape index (κ2) is 4.48. The lowest BCUT2D eigenvalue weighted by molar-refractivity contribution is 1.15. The van der Waals surface area contributed by atoms with Crippen LogP contribution >= 0.6 is 23.2 Å². The Hall–Kier alpha value is -1.63. The zero-order valence-corrected chi connectivity index (χ0v) is 9.50. The predicted octanol–water partition coefficient (Wildman–Crippen LogP) is 3.32. The maximum absolute atomic E-state index is 8.73. The Bertz CT molecular complexity index is 555. The number of halogens is 2. The smallest absolute Gasteiger partial charge is 0.160 e. The molecule has 0 aliphatic rings. The molecule has 1 aromatic carbocycles.